The molecule has 2 heterocycles. The van der Waals surface area contributed by atoms with Crippen LogP contribution in [0.25, 0.3) is 0 Å². The zero-order valence-electron chi connectivity index (χ0n) is 13.4. The van der Waals surface area contributed by atoms with E-state index in [1.807, 2.05) is 18.2 Å². The molecule has 1 fully saturated rings. The van der Waals surface area contributed by atoms with Crippen LogP contribution in [0.3, 0.4) is 0 Å². The normalized spacial score (nSPS) is 17.4. The highest BCUT2D eigenvalue weighted by Gasteiger charge is 2.21. The molecular formula is C16H19BrN6OS. The fourth-order valence-corrected chi connectivity index (χ4v) is 3.51. The summed E-state index contributed by atoms with van der Waals surface area (Å²) in [6.07, 6.45) is 2.77. The van der Waals surface area contributed by atoms with E-state index in [1.54, 1.807) is 0 Å². The van der Waals surface area contributed by atoms with Gasteiger partial charge >= 0.3 is 0 Å². The molecule has 25 heavy (non-hydrogen) atoms. The number of piperidine rings is 1. The van der Waals surface area contributed by atoms with E-state index in [-0.39, 0.29) is 16.5 Å². The summed E-state index contributed by atoms with van der Waals surface area (Å²) < 4.78 is 0.102. The van der Waals surface area contributed by atoms with Gasteiger partial charge in [-0.1, -0.05) is 0 Å². The van der Waals surface area contributed by atoms with E-state index in [0.29, 0.717) is 17.9 Å². The SMILES string of the molecule is N=C(Br)c1c(N)ncnc1Nc1cc(S)ccc1N1CCCC(O)C1. The Hall–Kier alpha value is -1.84. The summed E-state index contributed by atoms with van der Waals surface area (Å²) in [6.45, 7) is 1.44. The van der Waals surface area contributed by atoms with Gasteiger partial charge in [0.15, 0.2) is 0 Å². The lowest BCUT2D eigenvalue weighted by atomic mass is 10.1. The predicted molar refractivity (Wildman–Crippen MR) is 107 cm³/mol. The van der Waals surface area contributed by atoms with Gasteiger partial charge in [-0.3, -0.25) is 5.41 Å². The van der Waals surface area contributed by atoms with Gasteiger partial charge in [0, 0.05) is 18.0 Å². The average Bonchev–Trinajstić information content (AvgIpc) is 2.54. The maximum absolute atomic E-state index is 9.98. The highest BCUT2D eigenvalue weighted by molar-refractivity contribution is 9.18. The molecule has 0 radical (unpaired) electrons. The highest BCUT2D eigenvalue weighted by Crippen LogP contribution is 2.34. The molecular weight excluding hydrogens is 404 g/mol. The first-order valence-electron chi connectivity index (χ1n) is 7.83. The van der Waals surface area contributed by atoms with Crippen LogP contribution in [0, 0.1) is 5.41 Å². The molecule has 0 spiro atoms. The van der Waals surface area contributed by atoms with Crippen LogP contribution in [-0.4, -0.2) is 38.9 Å². The number of nitrogens with one attached hydrogen (secondary N) is 2. The van der Waals surface area contributed by atoms with Crippen LogP contribution in [0.2, 0.25) is 0 Å². The molecule has 7 nitrogen and oxygen atoms in total. The van der Waals surface area contributed by atoms with E-state index in [2.05, 4.69) is 48.7 Å². The third kappa shape index (κ3) is 4.05. The van der Waals surface area contributed by atoms with Crippen molar-refractivity contribution in [3.8, 4) is 0 Å². The number of hydrogen-bond donors (Lipinski definition) is 5. The summed E-state index contributed by atoms with van der Waals surface area (Å²) in [7, 11) is 0. The summed E-state index contributed by atoms with van der Waals surface area (Å²) in [6, 6.07) is 5.76. The number of thiol groups is 1. The van der Waals surface area contributed by atoms with Crippen LogP contribution in [0.5, 0.6) is 0 Å². The maximum atomic E-state index is 9.98. The first-order valence-corrected chi connectivity index (χ1v) is 9.07. The molecule has 132 valence electrons. The Balaban J connectivity index is 1.99. The van der Waals surface area contributed by atoms with E-state index >= 15 is 0 Å². The lowest BCUT2D eigenvalue weighted by molar-refractivity contribution is 0.154. The van der Waals surface area contributed by atoms with Crippen molar-refractivity contribution in [1.82, 2.24) is 9.97 Å². The lowest BCUT2D eigenvalue weighted by Gasteiger charge is -2.33. The molecule has 5 N–H and O–H groups in total. The minimum absolute atomic E-state index is 0.102. The van der Waals surface area contributed by atoms with Crippen molar-refractivity contribution in [1.29, 1.82) is 5.41 Å². The van der Waals surface area contributed by atoms with Gasteiger partial charge < -0.3 is 21.1 Å². The molecule has 0 saturated carbocycles. The first kappa shape index (κ1) is 18.0. The van der Waals surface area contributed by atoms with Gasteiger partial charge in [-0.2, -0.15) is 0 Å². The number of nitrogens with zero attached hydrogens (tertiary/aromatic N) is 3. The summed E-state index contributed by atoms with van der Waals surface area (Å²) in [5.74, 6) is 0.656. The fraction of sp³-hybridized carbons (Fsp3) is 0.312. The largest absolute Gasteiger partial charge is 0.391 e. The van der Waals surface area contributed by atoms with E-state index in [1.165, 1.54) is 6.33 Å². The molecule has 0 aliphatic carbocycles. The van der Waals surface area contributed by atoms with Gasteiger partial charge in [0.1, 0.15) is 22.6 Å². The molecule has 1 aliphatic heterocycles. The highest BCUT2D eigenvalue weighted by atomic mass is 79.9. The monoisotopic (exact) mass is 422 g/mol. The summed E-state index contributed by atoms with van der Waals surface area (Å²) in [5, 5.41) is 21.1. The fourth-order valence-electron chi connectivity index (χ4n) is 2.91. The van der Waals surface area contributed by atoms with Crippen LogP contribution in [0.4, 0.5) is 23.0 Å². The summed E-state index contributed by atoms with van der Waals surface area (Å²) >= 11 is 7.56. The standard InChI is InChI=1S/C16H19BrN6OS/c17-14(18)13-15(19)20-8-21-16(13)22-11-6-10(25)3-4-12(11)23-5-1-2-9(24)7-23/h3-4,6,8-9,18,24-25H,1-2,5,7H2,(H3,19,20,21,22). The van der Waals surface area contributed by atoms with Crippen molar-refractivity contribution in [2.24, 2.45) is 0 Å². The number of nitrogens with two attached hydrogens (primary N) is 1. The molecule has 1 aliphatic rings. The van der Waals surface area contributed by atoms with Crippen LogP contribution in [0.15, 0.2) is 29.4 Å². The second kappa shape index (κ2) is 7.59. The second-order valence-corrected chi connectivity index (χ2v) is 7.17. The molecule has 1 aromatic carbocycles. The topological polar surface area (TPSA) is 111 Å². The van der Waals surface area contributed by atoms with Crippen molar-refractivity contribution in [2.45, 2.75) is 23.8 Å². The number of nitrogen functional groups attached to an aromatic ring is 1. The zero-order chi connectivity index (χ0) is 18.0. The molecule has 0 bridgehead atoms. The smallest absolute Gasteiger partial charge is 0.146 e. The second-order valence-electron chi connectivity index (χ2n) is 5.87. The number of benzene rings is 1. The molecule has 9 heteroatoms. The van der Waals surface area contributed by atoms with Gasteiger partial charge in [-0.25, -0.2) is 9.97 Å². The van der Waals surface area contributed by atoms with E-state index in [0.717, 1.165) is 35.7 Å². The van der Waals surface area contributed by atoms with Crippen molar-refractivity contribution < 1.29 is 5.11 Å². The number of halogens is 1. The number of hydrogen-bond acceptors (Lipinski definition) is 8. The van der Waals surface area contributed by atoms with E-state index < -0.39 is 0 Å². The Morgan fingerprint density at radius 1 is 1.44 bits per heavy atom. The van der Waals surface area contributed by atoms with Crippen LogP contribution < -0.4 is 16.0 Å². The third-order valence-corrected chi connectivity index (χ3v) is 4.74. The molecule has 1 aromatic heterocycles. The van der Waals surface area contributed by atoms with Crippen LogP contribution >= 0.6 is 28.6 Å². The average molecular weight is 423 g/mol. The van der Waals surface area contributed by atoms with Crippen molar-refractivity contribution >= 4 is 56.2 Å². The van der Waals surface area contributed by atoms with E-state index in [4.69, 9.17) is 11.1 Å². The predicted octanol–water partition coefficient (Wildman–Crippen LogP) is 2.77. The van der Waals surface area contributed by atoms with Gasteiger partial charge in [0.2, 0.25) is 0 Å². The Morgan fingerprint density at radius 3 is 2.96 bits per heavy atom. The number of aromatic nitrogens is 2. The lowest BCUT2D eigenvalue weighted by Crippen LogP contribution is -2.38. The first-order chi connectivity index (χ1) is 12.0. The Labute approximate surface area is 159 Å². The number of β-amino-alcohol motifs (C(OH)–C–C–N with tert-alkyl or cyclic N) is 1. The number of rotatable bonds is 4. The van der Waals surface area contributed by atoms with E-state index in [9.17, 15) is 5.11 Å². The zero-order valence-corrected chi connectivity index (χ0v) is 15.9. The summed E-state index contributed by atoms with van der Waals surface area (Å²) in [5.41, 5.74) is 8.02. The minimum atomic E-state index is -0.335. The molecule has 1 saturated heterocycles. The number of aliphatic hydroxyl groups excluding tert-OH is 1. The molecule has 0 amide bonds. The molecule has 2 aromatic rings. The minimum Gasteiger partial charge on any atom is -0.391 e. The van der Waals surface area contributed by atoms with Crippen LogP contribution in [-0.2, 0) is 0 Å². The maximum Gasteiger partial charge on any atom is 0.146 e. The molecule has 1 unspecified atom stereocenters. The van der Waals surface area contributed by atoms with Gasteiger partial charge in [-0.05, 0) is 47.0 Å². The van der Waals surface area contributed by atoms with Crippen molar-refractivity contribution in [2.75, 3.05) is 29.0 Å². The quantitative estimate of drug-likeness (QED) is 0.382. The Morgan fingerprint density at radius 2 is 2.24 bits per heavy atom. The van der Waals surface area contributed by atoms with Crippen LogP contribution in [0.1, 0.15) is 18.4 Å². The Kier molecular flexibility index (Phi) is 5.45. The van der Waals surface area contributed by atoms with Gasteiger partial charge in [-0.15, -0.1) is 12.6 Å². The van der Waals surface area contributed by atoms with Crippen molar-refractivity contribution in [3.63, 3.8) is 0 Å². The van der Waals surface area contributed by atoms with Gasteiger partial charge in [0.05, 0.1) is 23.0 Å². The van der Waals surface area contributed by atoms with Crippen molar-refractivity contribution in [3.05, 3.63) is 30.1 Å². The number of aliphatic hydroxyl groups is 1. The molecule has 1 atom stereocenters. The molecule has 3 rings (SSSR count). The Bertz CT molecular complexity index is 802. The summed E-state index contributed by atoms with van der Waals surface area (Å²) in [4.78, 5) is 11.1. The van der Waals surface area contributed by atoms with Gasteiger partial charge in [0.25, 0.3) is 0 Å². The number of anilines is 4. The third-order valence-electron chi connectivity index (χ3n) is 4.07.